The number of aryl methyl sites for hydroxylation is 1. The molecule has 10 heteroatoms. The Balaban J connectivity index is 2.00. The number of ether oxygens (including phenoxy) is 2. The number of hydrogen-bond donors (Lipinski definition) is 1. The van der Waals surface area contributed by atoms with Gasteiger partial charge in [0, 0.05) is 4.47 Å². The molecule has 1 amide bonds. The SMILES string of the molecule is COc1ccc(N(CC(=O)N[C@@H](C)c2ccc(Br)cc2)S(=O)(=O)c2cc(C)ccc2OC)cc1Cl. The fraction of sp³-hybridized carbons (Fsp3) is 0.240. The van der Waals surface area contributed by atoms with Crippen LogP contribution in [0.2, 0.25) is 5.02 Å². The summed E-state index contributed by atoms with van der Waals surface area (Å²) in [4.78, 5) is 13.0. The number of nitrogens with one attached hydrogen (secondary N) is 1. The third kappa shape index (κ3) is 6.28. The number of sulfonamides is 1. The van der Waals surface area contributed by atoms with Crippen LogP contribution in [0.4, 0.5) is 5.69 Å². The minimum Gasteiger partial charge on any atom is -0.495 e. The summed E-state index contributed by atoms with van der Waals surface area (Å²) in [7, 11) is -1.36. The lowest BCUT2D eigenvalue weighted by Crippen LogP contribution is -2.41. The highest BCUT2D eigenvalue weighted by atomic mass is 79.9. The molecule has 186 valence electrons. The van der Waals surface area contributed by atoms with Crippen molar-refractivity contribution in [2.45, 2.75) is 24.8 Å². The molecule has 0 fully saturated rings. The van der Waals surface area contributed by atoms with Crippen LogP contribution in [0.15, 0.2) is 70.0 Å². The predicted molar refractivity (Wildman–Crippen MR) is 141 cm³/mol. The van der Waals surface area contributed by atoms with Gasteiger partial charge in [0.05, 0.1) is 31.0 Å². The van der Waals surface area contributed by atoms with E-state index < -0.39 is 22.5 Å². The number of rotatable bonds is 9. The second-order valence-electron chi connectivity index (χ2n) is 7.83. The fourth-order valence-corrected chi connectivity index (χ4v) is 5.65. The van der Waals surface area contributed by atoms with E-state index in [0.717, 1.165) is 19.9 Å². The van der Waals surface area contributed by atoms with Gasteiger partial charge in [0.2, 0.25) is 5.91 Å². The van der Waals surface area contributed by atoms with Crippen molar-refractivity contribution in [2.24, 2.45) is 0 Å². The van der Waals surface area contributed by atoms with E-state index >= 15 is 0 Å². The molecule has 0 radical (unpaired) electrons. The van der Waals surface area contributed by atoms with Gasteiger partial charge < -0.3 is 14.8 Å². The van der Waals surface area contributed by atoms with Gasteiger partial charge in [-0.3, -0.25) is 9.10 Å². The number of carbonyl (C=O) groups is 1. The second kappa shape index (κ2) is 11.3. The van der Waals surface area contributed by atoms with Crippen molar-refractivity contribution in [1.82, 2.24) is 5.32 Å². The minimum absolute atomic E-state index is 0.0549. The Morgan fingerprint density at radius 1 is 1.03 bits per heavy atom. The average Bonchev–Trinajstić information content (AvgIpc) is 2.82. The highest BCUT2D eigenvalue weighted by Crippen LogP contribution is 2.34. The van der Waals surface area contributed by atoms with Crippen LogP contribution in [0.3, 0.4) is 0 Å². The van der Waals surface area contributed by atoms with E-state index in [9.17, 15) is 13.2 Å². The molecule has 0 aliphatic carbocycles. The van der Waals surface area contributed by atoms with Crippen LogP contribution in [-0.2, 0) is 14.8 Å². The molecule has 1 atom stereocenters. The molecule has 1 N–H and O–H groups in total. The predicted octanol–water partition coefficient (Wildman–Crippen LogP) is 5.50. The summed E-state index contributed by atoms with van der Waals surface area (Å²) < 4.78 is 40.1. The lowest BCUT2D eigenvalue weighted by atomic mass is 10.1. The van der Waals surface area contributed by atoms with Gasteiger partial charge in [-0.1, -0.05) is 45.7 Å². The van der Waals surface area contributed by atoms with Crippen molar-refractivity contribution >= 4 is 49.1 Å². The molecule has 3 aromatic carbocycles. The summed E-state index contributed by atoms with van der Waals surface area (Å²) in [5.74, 6) is 0.0700. The molecule has 3 rings (SSSR count). The largest absolute Gasteiger partial charge is 0.495 e. The lowest BCUT2D eigenvalue weighted by molar-refractivity contribution is -0.120. The zero-order valence-electron chi connectivity index (χ0n) is 19.7. The Morgan fingerprint density at radius 2 is 1.66 bits per heavy atom. The average molecular weight is 582 g/mol. The third-order valence-electron chi connectivity index (χ3n) is 5.35. The van der Waals surface area contributed by atoms with Crippen LogP contribution in [0.5, 0.6) is 11.5 Å². The molecule has 0 aromatic heterocycles. The van der Waals surface area contributed by atoms with E-state index in [-0.39, 0.29) is 27.4 Å². The maximum absolute atomic E-state index is 13.8. The van der Waals surface area contributed by atoms with Gasteiger partial charge in [-0.2, -0.15) is 0 Å². The zero-order valence-corrected chi connectivity index (χ0v) is 22.9. The van der Waals surface area contributed by atoms with Gasteiger partial charge in [-0.25, -0.2) is 8.42 Å². The van der Waals surface area contributed by atoms with Crippen molar-refractivity contribution in [3.8, 4) is 11.5 Å². The fourth-order valence-electron chi connectivity index (χ4n) is 3.48. The molecule has 0 spiro atoms. The summed E-state index contributed by atoms with van der Waals surface area (Å²) in [6, 6.07) is 16.5. The summed E-state index contributed by atoms with van der Waals surface area (Å²) in [6.07, 6.45) is 0. The number of benzene rings is 3. The molecule has 3 aromatic rings. The first kappa shape index (κ1) is 26.8. The van der Waals surface area contributed by atoms with E-state index in [1.165, 1.54) is 32.4 Å². The standard InChI is InChI=1S/C25H26BrClN2O5S/c1-16-5-11-23(34-4)24(13-16)35(31,32)29(20-10-12-22(33-3)21(27)14-20)15-25(30)28-17(2)18-6-8-19(26)9-7-18/h5-14,17H,15H2,1-4H3,(H,28,30)/t17-/m0/s1. The maximum atomic E-state index is 13.8. The number of carbonyl (C=O) groups excluding carboxylic acids is 1. The molecule has 0 aliphatic heterocycles. The van der Waals surface area contributed by atoms with Crippen molar-refractivity contribution in [2.75, 3.05) is 25.1 Å². The topological polar surface area (TPSA) is 84.9 Å². The number of nitrogens with zero attached hydrogens (tertiary/aromatic N) is 1. The van der Waals surface area contributed by atoms with Gasteiger partial charge in [0.15, 0.2) is 0 Å². The molecule has 0 aliphatic rings. The van der Waals surface area contributed by atoms with Gasteiger partial charge in [-0.05, 0) is 67.4 Å². The smallest absolute Gasteiger partial charge is 0.268 e. The summed E-state index contributed by atoms with van der Waals surface area (Å²) in [5.41, 5.74) is 1.82. The Morgan fingerprint density at radius 3 is 2.26 bits per heavy atom. The summed E-state index contributed by atoms with van der Waals surface area (Å²) in [5, 5.41) is 3.08. The van der Waals surface area contributed by atoms with Gasteiger partial charge in [-0.15, -0.1) is 0 Å². The number of halogens is 2. The van der Waals surface area contributed by atoms with Crippen molar-refractivity contribution in [3.05, 3.63) is 81.3 Å². The van der Waals surface area contributed by atoms with E-state index in [1.807, 2.05) is 31.2 Å². The molecular formula is C25H26BrClN2O5S. The Bertz CT molecular complexity index is 1320. The first-order valence-corrected chi connectivity index (χ1v) is 13.2. The zero-order chi connectivity index (χ0) is 25.8. The van der Waals surface area contributed by atoms with E-state index in [4.69, 9.17) is 21.1 Å². The van der Waals surface area contributed by atoms with Crippen LogP contribution >= 0.6 is 27.5 Å². The van der Waals surface area contributed by atoms with Crippen LogP contribution in [0.25, 0.3) is 0 Å². The summed E-state index contributed by atoms with van der Waals surface area (Å²) >= 11 is 9.68. The first-order chi connectivity index (χ1) is 16.6. The number of amides is 1. The molecule has 0 heterocycles. The maximum Gasteiger partial charge on any atom is 0.268 e. The number of hydrogen-bond acceptors (Lipinski definition) is 5. The van der Waals surface area contributed by atoms with Crippen LogP contribution in [-0.4, -0.2) is 35.1 Å². The van der Waals surface area contributed by atoms with Crippen molar-refractivity contribution in [1.29, 1.82) is 0 Å². The molecule has 7 nitrogen and oxygen atoms in total. The van der Waals surface area contributed by atoms with Crippen molar-refractivity contribution < 1.29 is 22.7 Å². The van der Waals surface area contributed by atoms with Gasteiger partial charge in [0.1, 0.15) is 22.9 Å². The number of methoxy groups -OCH3 is 2. The number of anilines is 1. The highest BCUT2D eigenvalue weighted by Gasteiger charge is 2.31. The Labute approximate surface area is 219 Å². The quantitative estimate of drug-likeness (QED) is 0.361. The molecular weight excluding hydrogens is 556 g/mol. The van der Waals surface area contributed by atoms with E-state index in [1.54, 1.807) is 25.1 Å². The highest BCUT2D eigenvalue weighted by molar-refractivity contribution is 9.10. The van der Waals surface area contributed by atoms with E-state index in [2.05, 4.69) is 21.2 Å². The Kier molecular flexibility index (Phi) is 8.69. The monoisotopic (exact) mass is 580 g/mol. The van der Waals surface area contributed by atoms with Crippen LogP contribution < -0.4 is 19.1 Å². The molecule has 0 saturated heterocycles. The van der Waals surface area contributed by atoms with Gasteiger partial charge >= 0.3 is 0 Å². The van der Waals surface area contributed by atoms with E-state index in [0.29, 0.717) is 5.75 Å². The lowest BCUT2D eigenvalue weighted by Gasteiger charge is -2.26. The molecule has 0 saturated carbocycles. The molecule has 0 unspecified atom stereocenters. The third-order valence-corrected chi connectivity index (χ3v) is 7.96. The summed E-state index contributed by atoms with van der Waals surface area (Å²) in [6.45, 7) is 3.14. The molecule has 0 bridgehead atoms. The van der Waals surface area contributed by atoms with Crippen LogP contribution in [0.1, 0.15) is 24.1 Å². The Hall–Kier alpha value is -2.75. The second-order valence-corrected chi connectivity index (χ2v) is 11.0. The minimum atomic E-state index is -4.21. The molecule has 35 heavy (non-hydrogen) atoms. The van der Waals surface area contributed by atoms with Crippen LogP contribution in [0, 0.1) is 6.92 Å². The van der Waals surface area contributed by atoms with Gasteiger partial charge in [0.25, 0.3) is 10.0 Å². The van der Waals surface area contributed by atoms with Crippen molar-refractivity contribution in [3.63, 3.8) is 0 Å². The first-order valence-electron chi connectivity index (χ1n) is 10.6. The normalized spacial score (nSPS) is 12.1.